The molecule has 1 saturated heterocycles. The van der Waals surface area contributed by atoms with E-state index in [0.29, 0.717) is 54.0 Å². The van der Waals surface area contributed by atoms with Gasteiger partial charge in [0.2, 0.25) is 17.6 Å². The zero-order valence-electron chi connectivity index (χ0n) is 19.5. The highest BCUT2D eigenvalue weighted by molar-refractivity contribution is 5.95. The number of ether oxygens (including phenoxy) is 2. The lowest BCUT2D eigenvalue weighted by atomic mass is 9.97. The Morgan fingerprint density at radius 3 is 2.74 bits per heavy atom. The van der Waals surface area contributed by atoms with Gasteiger partial charge in [-0.1, -0.05) is 24.2 Å². The molecule has 1 aliphatic rings. The van der Waals surface area contributed by atoms with Crippen LogP contribution >= 0.6 is 0 Å². The molecule has 178 valence electrons. The molecule has 1 N–H and O–H groups in total. The third-order valence-electron chi connectivity index (χ3n) is 5.86. The number of piperidine rings is 1. The Balaban J connectivity index is 1.48. The number of methoxy groups -OCH3 is 2. The molecular weight excluding hydrogens is 436 g/mol. The van der Waals surface area contributed by atoms with Crippen molar-refractivity contribution in [2.75, 3.05) is 32.6 Å². The average molecular weight is 465 g/mol. The predicted molar refractivity (Wildman–Crippen MR) is 126 cm³/mol. The van der Waals surface area contributed by atoms with Crippen LogP contribution in [0.25, 0.3) is 11.4 Å². The van der Waals surface area contributed by atoms with Crippen molar-refractivity contribution in [3.05, 3.63) is 53.9 Å². The highest BCUT2D eigenvalue weighted by Gasteiger charge is 2.29. The summed E-state index contributed by atoms with van der Waals surface area (Å²) in [6, 6.07) is 12.5. The Morgan fingerprint density at radius 1 is 1.15 bits per heavy atom. The van der Waals surface area contributed by atoms with Gasteiger partial charge in [0.25, 0.3) is 5.91 Å². The molecule has 3 aromatic rings. The Labute approximate surface area is 198 Å². The number of hydrogen-bond donors (Lipinski definition) is 1. The van der Waals surface area contributed by atoms with Gasteiger partial charge in [-0.05, 0) is 43.2 Å². The van der Waals surface area contributed by atoms with Crippen LogP contribution in [0, 0.1) is 0 Å². The molecule has 4 rings (SSSR count). The van der Waals surface area contributed by atoms with Crippen molar-refractivity contribution < 1.29 is 23.6 Å². The molecule has 34 heavy (non-hydrogen) atoms. The second-order valence-corrected chi connectivity index (χ2v) is 8.10. The normalized spacial score (nSPS) is 15.6. The van der Waals surface area contributed by atoms with Crippen LogP contribution < -0.4 is 14.8 Å². The van der Waals surface area contributed by atoms with E-state index in [-0.39, 0.29) is 17.7 Å². The lowest BCUT2D eigenvalue weighted by molar-refractivity contribution is -0.115. The number of nitrogens with zero attached hydrogens (tertiary/aromatic N) is 3. The summed E-state index contributed by atoms with van der Waals surface area (Å²) in [5.74, 6) is 1.85. The second kappa shape index (κ2) is 10.4. The molecule has 9 heteroatoms. The van der Waals surface area contributed by atoms with Crippen LogP contribution in [0.2, 0.25) is 0 Å². The first-order valence-electron chi connectivity index (χ1n) is 11.3. The highest BCUT2D eigenvalue weighted by atomic mass is 16.5. The van der Waals surface area contributed by atoms with Crippen LogP contribution in [-0.2, 0) is 4.79 Å². The fourth-order valence-electron chi connectivity index (χ4n) is 4.02. The summed E-state index contributed by atoms with van der Waals surface area (Å²) in [6.45, 7) is 2.94. The summed E-state index contributed by atoms with van der Waals surface area (Å²) in [5.41, 5.74) is 1.97. The van der Waals surface area contributed by atoms with E-state index in [9.17, 15) is 9.59 Å². The van der Waals surface area contributed by atoms with Crippen LogP contribution in [0.1, 0.15) is 48.4 Å². The smallest absolute Gasteiger partial charge is 0.254 e. The van der Waals surface area contributed by atoms with E-state index in [1.165, 1.54) is 0 Å². The monoisotopic (exact) mass is 464 g/mol. The summed E-state index contributed by atoms with van der Waals surface area (Å²) in [6.07, 6.45) is 2.08. The second-order valence-electron chi connectivity index (χ2n) is 8.10. The molecule has 0 saturated carbocycles. The minimum absolute atomic E-state index is 0.0536. The molecule has 9 nitrogen and oxygen atoms in total. The highest BCUT2D eigenvalue weighted by Crippen LogP contribution is 2.31. The first kappa shape index (κ1) is 23.3. The Hall–Kier alpha value is -3.88. The van der Waals surface area contributed by atoms with Crippen molar-refractivity contribution in [2.45, 2.75) is 32.1 Å². The molecule has 2 aromatic carbocycles. The Morgan fingerprint density at radius 2 is 1.97 bits per heavy atom. The maximum atomic E-state index is 13.1. The van der Waals surface area contributed by atoms with Crippen LogP contribution in [0.5, 0.6) is 11.5 Å². The van der Waals surface area contributed by atoms with E-state index >= 15 is 0 Å². The zero-order chi connectivity index (χ0) is 24.1. The van der Waals surface area contributed by atoms with Gasteiger partial charge in [-0.3, -0.25) is 9.59 Å². The van der Waals surface area contributed by atoms with E-state index in [2.05, 4.69) is 15.5 Å². The van der Waals surface area contributed by atoms with Crippen LogP contribution in [0.3, 0.4) is 0 Å². The van der Waals surface area contributed by atoms with Gasteiger partial charge < -0.3 is 24.2 Å². The fourth-order valence-corrected chi connectivity index (χ4v) is 4.02. The van der Waals surface area contributed by atoms with E-state index < -0.39 is 0 Å². The van der Waals surface area contributed by atoms with Crippen molar-refractivity contribution in [1.29, 1.82) is 0 Å². The number of hydrogen-bond acceptors (Lipinski definition) is 7. The molecule has 2 heterocycles. The fraction of sp³-hybridized carbons (Fsp3) is 0.360. The maximum Gasteiger partial charge on any atom is 0.254 e. The van der Waals surface area contributed by atoms with E-state index in [1.54, 1.807) is 44.2 Å². The first-order valence-corrected chi connectivity index (χ1v) is 11.3. The quantitative estimate of drug-likeness (QED) is 0.560. The number of amides is 2. The summed E-state index contributed by atoms with van der Waals surface area (Å²) < 4.78 is 16.2. The lowest BCUT2D eigenvalue weighted by Gasteiger charge is -2.31. The van der Waals surface area contributed by atoms with Gasteiger partial charge in [0.1, 0.15) is 0 Å². The first-order chi connectivity index (χ1) is 16.5. The third kappa shape index (κ3) is 5.03. The number of aromatic nitrogens is 2. The van der Waals surface area contributed by atoms with Gasteiger partial charge in [0.05, 0.1) is 20.1 Å². The van der Waals surface area contributed by atoms with Crippen molar-refractivity contribution in [3.63, 3.8) is 0 Å². The zero-order valence-corrected chi connectivity index (χ0v) is 19.5. The largest absolute Gasteiger partial charge is 0.493 e. The van der Waals surface area contributed by atoms with E-state index in [4.69, 9.17) is 14.0 Å². The minimum atomic E-state index is -0.0789. The van der Waals surface area contributed by atoms with Gasteiger partial charge in [-0.2, -0.15) is 4.98 Å². The summed E-state index contributed by atoms with van der Waals surface area (Å²) >= 11 is 0. The van der Waals surface area contributed by atoms with Crippen molar-refractivity contribution in [3.8, 4) is 22.9 Å². The minimum Gasteiger partial charge on any atom is -0.493 e. The molecule has 0 unspecified atom stereocenters. The molecule has 1 aromatic heterocycles. The number of likely N-dealkylation sites (tertiary alicyclic amines) is 1. The number of carbonyl (C=O) groups excluding carboxylic acids is 2. The molecule has 1 atom stereocenters. The summed E-state index contributed by atoms with van der Waals surface area (Å²) in [4.78, 5) is 31.2. The van der Waals surface area contributed by atoms with Crippen molar-refractivity contribution in [1.82, 2.24) is 15.0 Å². The van der Waals surface area contributed by atoms with Gasteiger partial charge in [-0.15, -0.1) is 0 Å². The number of anilines is 1. The van der Waals surface area contributed by atoms with Crippen LogP contribution in [-0.4, -0.2) is 54.2 Å². The van der Waals surface area contributed by atoms with Gasteiger partial charge >= 0.3 is 0 Å². The van der Waals surface area contributed by atoms with E-state index in [1.807, 2.05) is 24.3 Å². The standard InChI is InChI=1S/C25H28N4O5/c1-4-22(30)26-19-9-5-7-16(13-19)23-27-24(34-28-23)18-8-6-12-29(15-18)25(31)17-10-11-20(32-2)21(14-17)33-3/h5,7,9-11,13-14,18H,4,6,8,12,15H2,1-3H3,(H,26,30)/t18-/m1/s1. The average Bonchev–Trinajstić information content (AvgIpc) is 3.38. The number of nitrogens with one attached hydrogen (secondary N) is 1. The van der Waals surface area contributed by atoms with Crippen LogP contribution in [0.4, 0.5) is 5.69 Å². The Kier molecular flexibility index (Phi) is 7.10. The molecule has 0 spiro atoms. The molecule has 0 radical (unpaired) electrons. The molecule has 1 aliphatic heterocycles. The van der Waals surface area contributed by atoms with Crippen molar-refractivity contribution in [2.24, 2.45) is 0 Å². The van der Waals surface area contributed by atoms with E-state index in [0.717, 1.165) is 18.4 Å². The van der Waals surface area contributed by atoms with Crippen molar-refractivity contribution >= 4 is 17.5 Å². The molecule has 2 amide bonds. The predicted octanol–water partition coefficient (Wildman–Crippen LogP) is 4.12. The maximum absolute atomic E-state index is 13.1. The lowest BCUT2D eigenvalue weighted by Crippen LogP contribution is -2.39. The summed E-state index contributed by atoms with van der Waals surface area (Å²) in [7, 11) is 3.11. The molecule has 0 aliphatic carbocycles. The number of carbonyl (C=O) groups is 2. The molecule has 1 fully saturated rings. The molecule has 0 bridgehead atoms. The van der Waals surface area contributed by atoms with Crippen LogP contribution in [0.15, 0.2) is 47.0 Å². The SMILES string of the molecule is CCC(=O)Nc1cccc(-c2noc([C@@H]3CCCN(C(=O)c4ccc(OC)c(OC)c4)C3)n2)c1. The van der Waals surface area contributed by atoms with Gasteiger partial charge in [0, 0.05) is 36.3 Å². The molecular formula is C25H28N4O5. The number of benzene rings is 2. The Bertz CT molecular complexity index is 1180. The number of rotatable bonds is 7. The topological polar surface area (TPSA) is 107 Å². The third-order valence-corrected chi connectivity index (χ3v) is 5.86. The summed E-state index contributed by atoms with van der Waals surface area (Å²) in [5, 5.41) is 6.97. The van der Waals surface area contributed by atoms with Gasteiger partial charge in [-0.25, -0.2) is 0 Å². The van der Waals surface area contributed by atoms with Gasteiger partial charge in [0.15, 0.2) is 11.5 Å².